The van der Waals surface area contributed by atoms with Crippen LogP contribution in [0, 0.1) is 0 Å². The fourth-order valence-electron chi connectivity index (χ4n) is 4.04. The van der Waals surface area contributed by atoms with Crippen LogP contribution in [-0.4, -0.2) is 55.2 Å². The second kappa shape index (κ2) is 21.7. The summed E-state index contributed by atoms with van der Waals surface area (Å²) < 4.78 is 16.6. The number of rotatable bonds is 23. The van der Waals surface area contributed by atoms with Crippen molar-refractivity contribution in [3.05, 3.63) is 22.2 Å². The monoisotopic (exact) mass is 618 g/mol. The Morgan fingerprint density at radius 3 is 1.65 bits per heavy atom. The van der Waals surface area contributed by atoms with Crippen molar-refractivity contribution in [1.82, 2.24) is 29.9 Å². The van der Waals surface area contributed by atoms with E-state index < -0.39 is 6.10 Å². The Labute approximate surface area is 252 Å². The smallest absolute Gasteiger partial charge is 0.322 e. The van der Waals surface area contributed by atoms with Gasteiger partial charge in [0.25, 0.3) is 0 Å². The number of esters is 1. The van der Waals surface area contributed by atoms with Crippen molar-refractivity contribution in [2.24, 2.45) is 0 Å². The quantitative estimate of drug-likeness (QED) is 0.0905. The third-order valence-electron chi connectivity index (χ3n) is 6.16. The number of carbonyl (C=O) groups excluding carboxylic acids is 1. The number of hydrogen-bond donors (Lipinski definition) is 0. The lowest BCUT2D eigenvalue weighted by Gasteiger charge is -2.18. The van der Waals surface area contributed by atoms with Gasteiger partial charge in [0.1, 0.15) is 19.5 Å². The predicted octanol–water partition coefficient (Wildman–Crippen LogP) is 7.65. The van der Waals surface area contributed by atoms with E-state index in [-0.39, 0.29) is 47.1 Å². The Bertz CT molecular complexity index is 955. The highest BCUT2D eigenvalue weighted by atomic mass is 35.5. The van der Waals surface area contributed by atoms with Crippen LogP contribution in [0.2, 0.25) is 15.9 Å². The van der Waals surface area contributed by atoms with Gasteiger partial charge >= 0.3 is 18.0 Å². The average molecular weight is 620 g/mol. The van der Waals surface area contributed by atoms with Gasteiger partial charge in [0.2, 0.25) is 15.9 Å². The van der Waals surface area contributed by atoms with Crippen molar-refractivity contribution in [1.29, 1.82) is 0 Å². The number of ether oxygens (including phenoxy) is 3. The van der Waals surface area contributed by atoms with Gasteiger partial charge in [-0.15, -0.1) is 0 Å². The molecule has 1 unspecified atom stereocenters. The molecule has 2 rings (SSSR count). The Hall–Kier alpha value is -2.04. The molecule has 0 spiro atoms. The first-order valence-corrected chi connectivity index (χ1v) is 15.5. The molecule has 10 nitrogen and oxygen atoms in total. The Morgan fingerprint density at radius 1 is 0.650 bits per heavy atom. The van der Waals surface area contributed by atoms with Gasteiger partial charge in [-0.3, -0.25) is 4.79 Å². The third-order valence-corrected chi connectivity index (χ3v) is 6.68. The van der Waals surface area contributed by atoms with Crippen LogP contribution in [0.1, 0.15) is 110 Å². The SMILES string of the molecule is CCCCCCCCCCCCCCCCCC(=O)OC(COc1ncnc(Cl)n1)COc1nc(Cl)nc(Cl)n1. The summed E-state index contributed by atoms with van der Waals surface area (Å²) in [5.74, 6) is -0.354. The van der Waals surface area contributed by atoms with Crippen LogP contribution in [0.25, 0.3) is 0 Å². The molecule has 2 aromatic rings. The Balaban J connectivity index is 1.61. The standard InChI is InChI=1S/C27H41Cl3N6O4/c1-2-3-4-5-6-7-8-9-10-11-12-13-14-15-16-17-22(37)40-21(18-38-26-32-20-31-23(28)34-26)19-39-27-35-24(29)33-25(30)36-27/h20-21H,2-19H2,1H3. The van der Waals surface area contributed by atoms with Gasteiger partial charge in [-0.2, -0.15) is 24.9 Å². The summed E-state index contributed by atoms with van der Waals surface area (Å²) in [6.45, 7) is 2.06. The summed E-state index contributed by atoms with van der Waals surface area (Å²) in [6.07, 6.45) is 19.6. The first-order valence-electron chi connectivity index (χ1n) is 14.3. The largest absolute Gasteiger partial charge is 0.459 e. The Morgan fingerprint density at radius 2 is 1.12 bits per heavy atom. The molecule has 0 aliphatic carbocycles. The summed E-state index contributed by atoms with van der Waals surface area (Å²) >= 11 is 17.3. The van der Waals surface area contributed by atoms with Gasteiger partial charge in [-0.1, -0.05) is 96.8 Å². The van der Waals surface area contributed by atoms with Crippen molar-refractivity contribution in [3.8, 4) is 12.0 Å². The molecule has 40 heavy (non-hydrogen) atoms. The van der Waals surface area contributed by atoms with Gasteiger partial charge in [0, 0.05) is 6.42 Å². The van der Waals surface area contributed by atoms with E-state index in [0.29, 0.717) is 6.42 Å². The van der Waals surface area contributed by atoms with Crippen molar-refractivity contribution in [3.63, 3.8) is 0 Å². The van der Waals surface area contributed by atoms with Crippen LogP contribution in [0.15, 0.2) is 6.33 Å². The molecule has 0 saturated heterocycles. The molecule has 0 bridgehead atoms. The minimum Gasteiger partial charge on any atom is -0.459 e. The van der Waals surface area contributed by atoms with Crippen molar-refractivity contribution >= 4 is 40.8 Å². The number of unbranched alkanes of at least 4 members (excludes halogenated alkanes) is 14. The van der Waals surface area contributed by atoms with Crippen molar-refractivity contribution in [2.75, 3.05) is 13.2 Å². The molecule has 0 fully saturated rings. The van der Waals surface area contributed by atoms with Crippen molar-refractivity contribution in [2.45, 2.75) is 116 Å². The lowest BCUT2D eigenvalue weighted by atomic mass is 10.0. The highest BCUT2D eigenvalue weighted by molar-refractivity contribution is 6.31. The van der Waals surface area contributed by atoms with E-state index in [4.69, 9.17) is 49.0 Å². The van der Waals surface area contributed by atoms with E-state index in [9.17, 15) is 4.79 Å². The highest BCUT2D eigenvalue weighted by Gasteiger charge is 2.19. The number of nitrogens with zero attached hydrogens (tertiary/aromatic N) is 6. The second-order valence-corrected chi connectivity index (χ2v) is 10.6. The first kappa shape index (κ1) is 34.2. The van der Waals surface area contributed by atoms with Gasteiger partial charge in [-0.05, 0) is 41.2 Å². The molecule has 0 saturated carbocycles. The summed E-state index contributed by atoms with van der Waals surface area (Å²) in [7, 11) is 0. The lowest BCUT2D eigenvalue weighted by molar-refractivity contribution is -0.152. The fourth-order valence-corrected chi connectivity index (χ4v) is 4.51. The van der Waals surface area contributed by atoms with Crippen LogP contribution in [-0.2, 0) is 9.53 Å². The maximum absolute atomic E-state index is 12.5. The molecule has 1 atom stereocenters. The van der Waals surface area contributed by atoms with Crippen LogP contribution in [0.5, 0.6) is 12.0 Å². The van der Waals surface area contributed by atoms with Gasteiger partial charge in [-0.25, -0.2) is 4.98 Å². The molecular weight excluding hydrogens is 579 g/mol. The van der Waals surface area contributed by atoms with E-state index in [0.717, 1.165) is 19.3 Å². The second-order valence-electron chi connectivity index (χ2n) is 9.63. The third kappa shape index (κ3) is 16.9. The molecule has 0 aromatic carbocycles. The van der Waals surface area contributed by atoms with Crippen LogP contribution >= 0.6 is 34.8 Å². The van der Waals surface area contributed by atoms with E-state index in [1.54, 1.807) is 0 Å². The summed E-state index contributed by atoms with van der Waals surface area (Å²) in [6, 6.07) is -0.105. The zero-order valence-corrected chi connectivity index (χ0v) is 25.6. The Kier molecular flexibility index (Phi) is 18.5. The van der Waals surface area contributed by atoms with Crippen molar-refractivity contribution < 1.29 is 19.0 Å². The normalized spacial score (nSPS) is 11.8. The van der Waals surface area contributed by atoms with Crippen LogP contribution in [0.3, 0.4) is 0 Å². The van der Waals surface area contributed by atoms with Gasteiger partial charge in [0.05, 0.1) is 0 Å². The number of halogens is 3. The summed E-state index contributed by atoms with van der Waals surface area (Å²) in [5, 5.41) is -0.252. The maximum atomic E-state index is 12.5. The molecule has 0 amide bonds. The van der Waals surface area contributed by atoms with E-state index >= 15 is 0 Å². The van der Waals surface area contributed by atoms with Gasteiger partial charge < -0.3 is 14.2 Å². The molecule has 13 heteroatoms. The number of hydrogen-bond acceptors (Lipinski definition) is 10. The molecular formula is C27H41Cl3N6O4. The van der Waals surface area contributed by atoms with E-state index in [1.165, 1.54) is 83.4 Å². The zero-order chi connectivity index (χ0) is 28.8. The maximum Gasteiger partial charge on any atom is 0.322 e. The number of aromatic nitrogens is 6. The lowest BCUT2D eigenvalue weighted by Crippen LogP contribution is -2.31. The summed E-state index contributed by atoms with van der Waals surface area (Å²) in [4.78, 5) is 35.3. The molecule has 2 aromatic heterocycles. The van der Waals surface area contributed by atoms with Crippen LogP contribution < -0.4 is 9.47 Å². The van der Waals surface area contributed by atoms with Gasteiger partial charge in [0.15, 0.2) is 6.10 Å². The minimum atomic E-state index is -0.798. The minimum absolute atomic E-state index is 0.00490. The van der Waals surface area contributed by atoms with E-state index in [2.05, 4.69) is 36.8 Å². The molecule has 0 aliphatic rings. The average Bonchev–Trinajstić information content (AvgIpc) is 2.92. The molecule has 0 N–H and O–H groups in total. The molecule has 2 heterocycles. The zero-order valence-electron chi connectivity index (χ0n) is 23.3. The summed E-state index contributed by atoms with van der Waals surface area (Å²) in [5.41, 5.74) is 0. The number of carbonyl (C=O) groups is 1. The molecule has 224 valence electrons. The highest BCUT2D eigenvalue weighted by Crippen LogP contribution is 2.15. The fraction of sp³-hybridized carbons (Fsp3) is 0.741. The first-order chi connectivity index (χ1) is 19.5. The van der Waals surface area contributed by atoms with E-state index in [1.807, 2.05) is 0 Å². The molecule has 0 aliphatic heterocycles. The molecule has 0 radical (unpaired) electrons. The predicted molar refractivity (Wildman–Crippen MR) is 155 cm³/mol. The van der Waals surface area contributed by atoms with Crippen LogP contribution in [0.4, 0.5) is 0 Å². The topological polar surface area (TPSA) is 122 Å².